The molecule has 8 atom stereocenters. The van der Waals surface area contributed by atoms with Crippen molar-refractivity contribution >= 4 is 27.2 Å². The normalized spacial score (nSPS) is 41.7. The Labute approximate surface area is 270 Å². The Morgan fingerprint density at radius 2 is 1.67 bits per heavy atom. The number of β-amino-alcohol motifs (C(OH)–C–C–N with tert-alkyl or cyclic N) is 1. The fourth-order valence-corrected chi connectivity index (χ4v) is 12.9. The Morgan fingerprint density at radius 1 is 0.933 bits per heavy atom. The molecule has 2 aromatic carbocycles. The first-order valence-electron chi connectivity index (χ1n) is 17.3. The van der Waals surface area contributed by atoms with Crippen LogP contribution in [-0.2, 0) is 13.0 Å². The minimum absolute atomic E-state index is 0.0104. The zero-order valence-electron chi connectivity index (χ0n) is 26.6. The van der Waals surface area contributed by atoms with Crippen LogP contribution in [0.4, 0.5) is 0 Å². The number of carbonyl (C=O) groups is 1. The molecular formula is C40H45NO3S. The van der Waals surface area contributed by atoms with Crippen molar-refractivity contribution in [3.05, 3.63) is 94.4 Å². The van der Waals surface area contributed by atoms with E-state index < -0.39 is 11.0 Å². The monoisotopic (exact) mass is 619 g/mol. The number of carbonyl (C=O) groups excluding carboxylic acids is 1. The molecule has 8 unspecified atom stereocenters. The number of thiophene rings is 1. The molecule has 7 aliphatic rings. The van der Waals surface area contributed by atoms with Crippen LogP contribution in [0.5, 0.6) is 0 Å². The molecule has 0 amide bonds. The fourth-order valence-electron chi connectivity index (χ4n) is 11.9. The molecule has 2 N–H and O–H groups in total. The zero-order valence-corrected chi connectivity index (χ0v) is 27.4. The Morgan fingerprint density at radius 3 is 2.51 bits per heavy atom. The van der Waals surface area contributed by atoms with Gasteiger partial charge in [0.25, 0.3) is 0 Å². The van der Waals surface area contributed by atoms with E-state index in [0.29, 0.717) is 18.9 Å². The van der Waals surface area contributed by atoms with Crippen molar-refractivity contribution in [3.63, 3.8) is 0 Å². The molecule has 1 aromatic heterocycles. The maximum absolute atomic E-state index is 14.9. The second-order valence-electron chi connectivity index (χ2n) is 16.0. The van der Waals surface area contributed by atoms with Crippen LogP contribution < -0.4 is 0 Å². The van der Waals surface area contributed by atoms with Crippen molar-refractivity contribution in [1.29, 1.82) is 0 Å². The number of benzene rings is 2. The molecule has 4 nitrogen and oxygen atoms in total. The van der Waals surface area contributed by atoms with E-state index in [1.807, 2.05) is 12.1 Å². The molecule has 0 radical (unpaired) electrons. The molecule has 234 valence electrons. The zero-order chi connectivity index (χ0) is 30.8. The van der Waals surface area contributed by atoms with Crippen LogP contribution in [0.25, 0.3) is 10.1 Å². The van der Waals surface area contributed by atoms with Gasteiger partial charge >= 0.3 is 0 Å². The SMILES string of the molecule is CC12CCC(O)CC13C=CC1(C(C(=O)c4cc5ccccc5s4)=C3)C2CCC2(C)C1CCC2(O)CN1CCc2ccccc2C1. The molecule has 1 aliphatic heterocycles. The molecule has 2 heterocycles. The van der Waals surface area contributed by atoms with Gasteiger partial charge in [0.05, 0.1) is 16.6 Å². The number of hydrogen-bond donors (Lipinski definition) is 2. The van der Waals surface area contributed by atoms with Crippen LogP contribution in [0, 0.1) is 33.5 Å². The number of fused-ring (bicyclic) bond motifs is 3. The summed E-state index contributed by atoms with van der Waals surface area (Å²) in [5.41, 5.74) is 1.96. The average molecular weight is 620 g/mol. The van der Waals surface area contributed by atoms with Gasteiger partial charge in [0.2, 0.25) is 0 Å². The lowest BCUT2D eigenvalue weighted by molar-refractivity contribution is -0.176. The predicted molar refractivity (Wildman–Crippen MR) is 180 cm³/mol. The lowest BCUT2D eigenvalue weighted by Crippen LogP contribution is -2.67. The largest absolute Gasteiger partial charge is 0.393 e. The Kier molecular flexibility index (Phi) is 6.05. The molecule has 2 spiro atoms. The highest BCUT2D eigenvalue weighted by atomic mass is 32.1. The lowest BCUT2D eigenvalue weighted by Gasteiger charge is -2.71. The van der Waals surface area contributed by atoms with Crippen molar-refractivity contribution in [2.75, 3.05) is 13.1 Å². The van der Waals surface area contributed by atoms with Crippen LogP contribution in [0.15, 0.2) is 78.4 Å². The van der Waals surface area contributed by atoms with Crippen molar-refractivity contribution in [2.24, 2.45) is 33.5 Å². The lowest BCUT2D eigenvalue weighted by atomic mass is 9.32. The molecule has 2 bridgehead atoms. The van der Waals surface area contributed by atoms with Crippen molar-refractivity contribution < 1.29 is 15.0 Å². The first kappa shape index (κ1) is 28.6. The van der Waals surface area contributed by atoms with E-state index >= 15 is 0 Å². The van der Waals surface area contributed by atoms with E-state index in [1.54, 1.807) is 11.3 Å². The number of allylic oxidation sites excluding steroid dienone is 4. The van der Waals surface area contributed by atoms with E-state index in [4.69, 9.17) is 0 Å². The maximum Gasteiger partial charge on any atom is 0.199 e. The van der Waals surface area contributed by atoms with E-state index in [-0.39, 0.29) is 34.1 Å². The molecule has 10 rings (SSSR count). The van der Waals surface area contributed by atoms with Gasteiger partial charge in [-0.1, -0.05) is 74.5 Å². The third-order valence-corrected chi connectivity index (χ3v) is 15.4. The minimum Gasteiger partial charge on any atom is -0.393 e. The van der Waals surface area contributed by atoms with Crippen LogP contribution in [-0.4, -0.2) is 45.7 Å². The summed E-state index contributed by atoms with van der Waals surface area (Å²) in [6.45, 7) is 7.40. The Balaban J connectivity index is 1.14. The second kappa shape index (κ2) is 9.50. The number of aliphatic hydroxyl groups excluding tert-OH is 1. The first-order valence-corrected chi connectivity index (χ1v) is 18.1. The molecule has 3 saturated carbocycles. The third-order valence-electron chi connectivity index (χ3n) is 14.3. The molecule has 0 saturated heterocycles. The Hall–Kier alpha value is -2.57. The van der Waals surface area contributed by atoms with Gasteiger partial charge in [0.1, 0.15) is 0 Å². The van der Waals surface area contributed by atoms with Crippen LogP contribution in [0.1, 0.15) is 79.6 Å². The number of nitrogens with zero attached hydrogens (tertiary/aromatic N) is 1. The highest BCUT2D eigenvalue weighted by molar-refractivity contribution is 7.21. The van der Waals surface area contributed by atoms with E-state index in [2.05, 4.69) is 79.4 Å². The van der Waals surface area contributed by atoms with Gasteiger partial charge in [-0.15, -0.1) is 11.3 Å². The number of ketones is 1. The van der Waals surface area contributed by atoms with Gasteiger partial charge in [-0.05, 0) is 97.3 Å². The molecule has 6 aliphatic carbocycles. The predicted octanol–water partition coefficient (Wildman–Crippen LogP) is 7.73. The van der Waals surface area contributed by atoms with Gasteiger partial charge < -0.3 is 10.2 Å². The minimum atomic E-state index is -0.807. The second-order valence-corrected chi connectivity index (χ2v) is 17.1. The van der Waals surface area contributed by atoms with Gasteiger partial charge in [-0.25, -0.2) is 0 Å². The van der Waals surface area contributed by atoms with Crippen molar-refractivity contribution in [2.45, 2.75) is 83.5 Å². The smallest absolute Gasteiger partial charge is 0.199 e. The highest BCUT2D eigenvalue weighted by Crippen LogP contribution is 2.78. The van der Waals surface area contributed by atoms with Crippen molar-refractivity contribution in [1.82, 2.24) is 4.90 Å². The highest BCUT2D eigenvalue weighted by Gasteiger charge is 2.74. The van der Waals surface area contributed by atoms with Gasteiger partial charge in [-0.3, -0.25) is 9.69 Å². The average Bonchev–Trinajstić information content (AvgIpc) is 3.59. The van der Waals surface area contributed by atoms with E-state index in [0.717, 1.165) is 78.6 Å². The summed E-state index contributed by atoms with van der Waals surface area (Å²) in [4.78, 5) is 18.2. The number of rotatable bonds is 4. The van der Waals surface area contributed by atoms with E-state index in [1.165, 1.54) is 11.1 Å². The summed E-state index contributed by atoms with van der Waals surface area (Å²) in [5, 5.41) is 25.0. The standard InChI is InChI=1S/C40H45NO3S/c1-36-15-11-29(42)22-38(36)18-19-40(30(23-38)35(43)32-21-27-8-5-6-10-31(27)45-32)33(36)12-16-37(2)34(40)13-17-39(37,44)25-41-20-14-26-7-3-4-9-28(26)24-41/h3-10,18-19,21,23,29,33-34,42,44H,11-17,20,22,24-25H2,1-2H3. The summed E-state index contributed by atoms with van der Waals surface area (Å²) in [5.74, 6) is 0.677. The fraction of sp³-hybridized carbons (Fsp3) is 0.525. The summed E-state index contributed by atoms with van der Waals surface area (Å²) >= 11 is 1.61. The summed E-state index contributed by atoms with van der Waals surface area (Å²) in [6, 6.07) is 19.2. The van der Waals surface area contributed by atoms with E-state index in [9.17, 15) is 15.0 Å². The first-order chi connectivity index (χ1) is 21.6. The van der Waals surface area contributed by atoms with Gasteiger partial charge in [0.15, 0.2) is 5.78 Å². The van der Waals surface area contributed by atoms with Gasteiger partial charge in [0, 0.05) is 46.2 Å². The van der Waals surface area contributed by atoms with Crippen LogP contribution >= 0.6 is 11.3 Å². The molecule has 5 heteroatoms. The number of Topliss-reactive ketones (excluding diaryl/α,β-unsaturated/α-hetero) is 1. The molecule has 3 aromatic rings. The summed E-state index contributed by atoms with van der Waals surface area (Å²) < 4.78 is 1.15. The van der Waals surface area contributed by atoms with Crippen LogP contribution in [0.3, 0.4) is 0 Å². The summed E-state index contributed by atoms with van der Waals surface area (Å²) in [6.07, 6.45) is 14.1. The van der Waals surface area contributed by atoms with Gasteiger partial charge in [-0.2, -0.15) is 0 Å². The maximum atomic E-state index is 14.9. The third kappa shape index (κ3) is 3.67. The summed E-state index contributed by atoms with van der Waals surface area (Å²) in [7, 11) is 0. The molecule has 45 heavy (non-hydrogen) atoms. The molecular weight excluding hydrogens is 575 g/mol. The quantitative estimate of drug-likeness (QED) is 0.232. The van der Waals surface area contributed by atoms with Crippen molar-refractivity contribution in [3.8, 4) is 0 Å². The number of aliphatic hydroxyl groups is 2. The van der Waals surface area contributed by atoms with Crippen LogP contribution in [0.2, 0.25) is 0 Å². The molecule has 3 fully saturated rings. The number of hydrogen-bond acceptors (Lipinski definition) is 5. The topological polar surface area (TPSA) is 60.8 Å². The Bertz CT molecular complexity index is 1760.